The number of aromatic amines is 1. The Balaban J connectivity index is 2.16. The lowest BCUT2D eigenvalue weighted by Gasteiger charge is -2.04. The molecule has 1 heterocycles. The van der Waals surface area contributed by atoms with Crippen LogP contribution in [0.5, 0.6) is 0 Å². The number of hydrogen-bond acceptors (Lipinski definition) is 2. The number of nitrogens with zero attached hydrogens (tertiary/aromatic N) is 1. The second-order valence-corrected chi connectivity index (χ2v) is 4.57. The molecule has 0 aliphatic rings. The Morgan fingerprint density at radius 2 is 2.00 bits per heavy atom. The van der Waals surface area contributed by atoms with E-state index in [4.69, 9.17) is 0 Å². The summed E-state index contributed by atoms with van der Waals surface area (Å²) in [5.41, 5.74) is 1.22. The van der Waals surface area contributed by atoms with Crippen LogP contribution in [-0.2, 0) is 0 Å². The summed E-state index contributed by atoms with van der Waals surface area (Å²) in [4.78, 5) is 0. The predicted molar refractivity (Wildman–Crippen MR) is 67.3 cm³/mol. The summed E-state index contributed by atoms with van der Waals surface area (Å²) >= 11 is 0. The van der Waals surface area contributed by atoms with Crippen LogP contribution in [0.2, 0.25) is 0 Å². The SMILES string of the molecule is CC(C)CNc1cc(-c2ccc(F)c(F)c2)[nH]n1. The molecule has 0 aliphatic heterocycles. The summed E-state index contributed by atoms with van der Waals surface area (Å²) in [6, 6.07) is 5.54. The van der Waals surface area contributed by atoms with Gasteiger partial charge in [-0.1, -0.05) is 13.8 Å². The quantitative estimate of drug-likeness (QED) is 0.874. The Hall–Kier alpha value is -1.91. The Labute approximate surface area is 104 Å². The van der Waals surface area contributed by atoms with Gasteiger partial charge >= 0.3 is 0 Å². The van der Waals surface area contributed by atoms with E-state index in [0.717, 1.165) is 18.7 Å². The minimum absolute atomic E-state index is 0.508. The van der Waals surface area contributed by atoms with E-state index in [1.807, 2.05) is 0 Å². The van der Waals surface area contributed by atoms with Crippen LogP contribution in [0.3, 0.4) is 0 Å². The molecule has 2 aromatic rings. The molecule has 2 rings (SSSR count). The van der Waals surface area contributed by atoms with Gasteiger partial charge in [0.25, 0.3) is 0 Å². The number of nitrogens with one attached hydrogen (secondary N) is 2. The van der Waals surface area contributed by atoms with Crippen molar-refractivity contribution < 1.29 is 8.78 Å². The Morgan fingerprint density at radius 3 is 2.67 bits per heavy atom. The molecular weight excluding hydrogens is 236 g/mol. The zero-order chi connectivity index (χ0) is 13.1. The zero-order valence-electron chi connectivity index (χ0n) is 10.3. The monoisotopic (exact) mass is 251 g/mol. The van der Waals surface area contributed by atoms with Gasteiger partial charge in [-0.2, -0.15) is 5.10 Å². The van der Waals surface area contributed by atoms with Crippen molar-refractivity contribution in [2.24, 2.45) is 5.92 Å². The lowest BCUT2D eigenvalue weighted by Crippen LogP contribution is -2.07. The molecule has 0 saturated heterocycles. The van der Waals surface area contributed by atoms with Gasteiger partial charge in [-0.3, -0.25) is 5.10 Å². The van der Waals surface area contributed by atoms with Gasteiger partial charge in [0.15, 0.2) is 11.6 Å². The molecule has 5 heteroatoms. The van der Waals surface area contributed by atoms with E-state index < -0.39 is 11.6 Å². The van der Waals surface area contributed by atoms with E-state index in [1.165, 1.54) is 6.07 Å². The molecule has 0 spiro atoms. The average Bonchev–Trinajstić information content (AvgIpc) is 2.79. The highest BCUT2D eigenvalue weighted by Gasteiger charge is 2.07. The van der Waals surface area contributed by atoms with Crippen LogP contribution in [-0.4, -0.2) is 16.7 Å². The van der Waals surface area contributed by atoms with Crippen LogP contribution >= 0.6 is 0 Å². The van der Waals surface area contributed by atoms with E-state index in [9.17, 15) is 8.78 Å². The maximum absolute atomic E-state index is 13.1. The van der Waals surface area contributed by atoms with Crippen molar-refractivity contribution in [1.29, 1.82) is 0 Å². The Bertz CT molecular complexity index is 535. The van der Waals surface area contributed by atoms with Crippen molar-refractivity contribution >= 4 is 5.82 Å². The molecule has 0 fully saturated rings. The van der Waals surface area contributed by atoms with Crippen LogP contribution in [0, 0.1) is 17.6 Å². The topological polar surface area (TPSA) is 40.7 Å². The number of hydrogen-bond donors (Lipinski definition) is 2. The fourth-order valence-electron chi connectivity index (χ4n) is 1.53. The third kappa shape index (κ3) is 2.85. The van der Waals surface area contributed by atoms with Crippen molar-refractivity contribution in [2.45, 2.75) is 13.8 Å². The molecule has 0 atom stereocenters. The number of H-pyrrole nitrogens is 1. The molecule has 96 valence electrons. The summed E-state index contributed by atoms with van der Waals surface area (Å²) in [5, 5.41) is 10.0. The van der Waals surface area contributed by atoms with E-state index in [-0.39, 0.29) is 0 Å². The highest BCUT2D eigenvalue weighted by Crippen LogP contribution is 2.21. The zero-order valence-corrected chi connectivity index (χ0v) is 10.3. The minimum Gasteiger partial charge on any atom is -0.368 e. The molecular formula is C13H15F2N3. The molecule has 0 unspecified atom stereocenters. The van der Waals surface area contributed by atoms with Gasteiger partial charge in [0.05, 0.1) is 5.69 Å². The summed E-state index contributed by atoms with van der Waals surface area (Å²) < 4.78 is 25.9. The van der Waals surface area contributed by atoms with Crippen LogP contribution in [0.1, 0.15) is 13.8 Å². The highest BCUT2D eigenvalue weighted by molar-refractivity contribution is 5.62. The van der Waals surface area contributed by atoms with Gasteiger partial charge < -0.3 is 5.32 Å². The van der Waals surface area contributed by atoms with E-state index in [0.29, 0.717) is 23.0 Å². The van der Waals surface area contributed by atoms with E-state index >= 15 is 0 Å². The standard InChI is InChI=1S/C13H15F2N3/c1-8(2)7-16-13-6-12(17-18-13)9-3-4-10(14)11(15)5-9/h3-6,8H,7H2,1-2H3,(H2,16,17,18). The smallest absolute Gasteiger partial charge is 0.159 e. The molecule has 2 N–H and O–H groups in total. The first-order valence-electron chi connectivity index (χ1n) is 5.81. The first-order valence-corrected chi connectivity index (χ1v) is 5.81. The molecule has 3 nitrogen and oxygen atoms in total. The minimum atomic E-state index is -0.862. The van der Waals surface area contributed by atoms with Crippen LogP contribution in [0.25, 0.3) is 11.3 Å². The fraction of sp³-hybridized carbons (Fsp3) is 0.308. The van der Waals surface area contributed by atoms with Crippen LogP contribution in [0.4, 0.5) is 14.6 Å². The van der Waals surface area contributed by atoms with Crippen LogP contribution < -0.4 is 5.32 Å². The summed E-state index contributed by atoms with van der Waals surface area (Å²) in [6.45, 7) is 4.99. The number of aromatic nitrogens is 2. The van der Waals surface area contributed by atoms with Gasteiger partial charge in [-0.25, -0.2) is 8.78 Å². The molecule has 0 amide bonds. The maximum atomic E-state index is 13.1. The average molecular weight is 251 g/mol. The fourth-order valence-corrected chi connectivity index (χ4v) is 1.53. The molecule has 0 bridgehead atoms. The van der Waals surface area contributed by atoms with Crippen molar-refractivity contribution in [3.8, 4) is 11.3 Å². The first-order chi connectivity index (χ1) is 8.56. The van der Waals surface area contributed by atoms with Crippen molar-refractivity contribution in [3.63, 3.8) is 0 Å². The van der Waals surface area contributed by atoms with Gasteiger partial charge in [0.1, 0.15) is 5.82 Å². The van der Waals surface area contributed by atoms with Gasteiger partial charge in [-0.15, -0.1) is 0 Å². The predicted octanol–water partition coefficient (Wildman–Crippen LogP) is 3.42. The van der Waals surface area contributed by atoms with E-state index in [1.54, 1.807) is 6.07 Å². The second-order valence-electron chi connectivity index (χ2n) is 4.57. The first kappa shape index (κ1) is 12.5. The lowest BCUT2D eigenvalue weighted by molar-refractivity contribution is 0.509. The van der Waals surface area contributed by atoms with E-state index in [2.05, 4.69) is 29.4 Å². The van der Waals surface area contributed by atoms with Gasteiger partial charge in [-0.05, 0) is 24.1 Å². The summed E-state index contributed by atoms with van der Waals surface area (Å²) in [6.07, 6.45) is 0. The lowest BCUT2D eigenvalue weighted by atomic mass is 10.1. The summed E-state index contributed by atoms with van der Waals surface area (Å²) in [5.74, 6) is -0.507. The number of rotatable bonds is 4. The Morgan fingerprint density at radius 1 is 1.22 bits per heavy atom. The van der Waals surface area contributed by atoms with Gasteiger partial charge in [0.2, 0.25) is 0 Å². The number of benzene rings is 1. The molecule has 1 aromatic heterocycles. The second kappa shape index (κ2) is 5.16. The molecule has 0 saturated carbocycles. The molecule has 1 aromatic carbocycles. The number of halogens is 2. The molecule has 0 radical (unpaired) electrons. The normalized spacial score (nSPS) is 10.9. The Kier molecular flexibility index (Phi) is 3.60. The third-order valence-corrected chi connectivity index (χ3v) is 2.50. The largest absolute Gasteiger partial charge is 0.368 e. The molecule has 18 heavy (non-hydrogen) atoms. The number of anilines is 1. The maximum Gasteiger partial charge on any atom is 0.159 e. The molecule has 0 aliphatic carbocycles. The van der Waals surface area contributed by atoms with Crippen molar-refractivity contribution in [1.82, 2.24) is 10.2 Å². The van der Waals surface area contributed by atoms with Crippen LogP contribution in [0.15, 0.2) is 24.3 Å². The highest BCUT2D eigenvalue weighted by atomic mass is 19.2. The van der Waals surface area contributed by atoms with Crippen molar-refractivity contribution in [2.75, 3.05) is 11.9 Å². The third-order valence-electron chi connectivity index (χ3n) is 2.50. The summed E-state index contributed by atoms with van der Waals surface area (Å²) in [7, 11) is 0. The van der Waals surface area contributed by atoms with Crippen molar-refractivity contribution in [3.05, 3.63) is 35.9 Å². The van der Waals surface area contributed by atoms with Gasteiger partial charge in [0, 0.05) is 18.2 Å².